The molecule has 2 aliphatic rings. The number of nitro benzene ring substituents is 1. The van der Waals surface area contributed by atoms with Gasteiger partial charge in [0.2, 0.25) is 24.0 Å². The predicted octanol–water partition coefficient (Wildman–Crippen LogP) is 1.59. The summed E-state index contributed by atoms with van der Waals surface area (Å²) < 4.78 is 26.1. The van der Waals surface area contributed by atoms with Crippen molar-refractivity contribution in [3.05, 3.63) is 15.7 Å². The van der Waals surface area contributed by atoms with Crippen LogP contribution >= 0.6 is 0 Å². The first kappa shape index (κ1) is 18.5. The number of carbonyl (C=O) groups excluding carboxylic acids is 1. The van der Waals surface area contributed by atoms with Gasteiger partial charge in [0.1, 0.15) is 6.10 Å². The minimum absolute atomic E-state index is 0.0406. The van der Waals surface area contributed by atoms with Gasteiger partial charge in [0.25, 0.3) is 0 Å². The third-order valence-electron chi connectivity index (χ3n) is 4.07. The maximum absolute atomic E-state index is 11.8. The molecule has 0 saturated heterocycles. The van der Waals surface area contributed by atoms with Gasteiger partial charge in [0.15, 0.2) is 11.5 Å². The second-order valence-electron chi connectivity index (χ2n) is 5.61. The normalized spacial score (nSPS) is 17.1. The molecular formula is C16H18N2O9. The molecule has 0 aliphatic carbocycles. The standard InChI is InChI=1S/C16H18N2O9/c1-4-24-16(19)10-6-8(27-17-10)5-9-11(18(20)21)13(23-3)15-14(12(9)22-2)25-7-26-15/h8H,4-7H2,1-3H3. The second kappa shape index (κ2) is 7.56. The smallest absolute Gasteiger partial charge is 0.356 e. The number of rotatable bonds is 7. The van der Waals surface area contributed by atoms with Gasteiger partial charge in [0.05, 0.1) is 31.3 Å². The fourth-order valence-electron chi connectivity index (χ4n) is 2.99. The fraction of sp³-hybridized carbons (Fsp3) is 0.500. The molecule has 1 atom stereocenters. The van der Waals surface area contributed by atoms with Gasteiger partial charge in [-0.05, 0) is 6.92 Å². The summed E-state index contributed by atoms with van der Waals surface area (Å²) in [6.45, 7) is 1.78. The molecule has 0 radical (unpaired) electrons. The Bertz CT molecular complexity index is 806. The Labute approximate surface area is 153 Å². The van der Waals surface area contributed by atoms with E-state index >= 15 is 0 Å². The van der Waals surface area contributed by atoms with E-state index in [-0.39, 0.29) is 66.2 Å². The number of ether oxygens (including phenoxy) is 5. The van der Waals surface area contributed by atoms with Crippen LogP contribution in [0.5, 0.6) is 23.0 Å². The number of nitro groups is 1. The van der Waals surface area contributed by atoms with Crippen LogP contribution in [-0.2, 0) is 20.8 Å². The lowest BCUT2D eigenvalue weighted by atomic mass is 9.99. The molecule has 0 N–H and O–H groups in total. The Morgan fingerprint density at radius 3 is 2.52 bits per heavy atom. The van der Waals surface area contributed by atoms with Gasteiger partial charge < -0.3 is 28.5 Å². The molecule has 11 heteroatoms. The summed E-state index contributed by atoms with van der Waals surface area (Å²) in [4.78, 5) is 28.2. The summed E-state index contributed by atoms with van der Waals surface area (Å²) in [6.07, 6.45) is -0.420. The zero-order chi connectivity index (χ0) is 19.6. The SMILES string of the molecule is CCOC(=O)C1=NOC(Cc2c(OC)c3c(c(OC)c2[N+](=O)[O-])OCO3)C1. The van der Waals surface area contributed by atoms with E-state index in [1.165, 1.54) is 14.2 Å². The van der Waals surface area contributed by atoms with Gasteiger partial charge in [0, 0.05) is 12.8 Å². The number of fused-ring (bicyclic) bond motifs is 1. The van der Waals surface area contributed by atoms with E-state index in [4.69, 9.17) is 28.5 Å². The molecule has 3 rings (SSSR count). The van der Waals surface area contributed by atoms with Crippen molar-refractivity contribution in [2.24, 2.45) is 5.16 Å². The number of esters is 1. The van der Waals surface area contributed by atoms with Crippen LogP contribution in [0.15, 0.2) is 5.16 Å². The van der Waals surface area contributed by atoms with Crippen LogP contribution in [0.4, 0.5) is 5.69 Å². The molecule has 2 aliphatic heterocycles. The van der Waals surface area contributed by atoms with E-state index < -0.39 is 17.0 Å². The van der Waals surface area contributed by atoms with Crippen molar-refractivity contribution in [1.82, 2.24) is 0 Å². The molecule has 0 spiro atoms. The molecular weight excluding hydrogens is 364 g/mol. The van der Waals surface area contributed by atoms with E-state index in [2.05, 4.69) is 5.16 Å². The Balaban J connectivity index is 1.96. The van der Waals surface area contributed by atoms with Gasteiger partial charge in [-0.1, -0.05) is 5.16 Å². The number of benzene rings is 1. The summed E-state index contributed by atoms with van der Waals surface area (Å²) >= 11 is 0. The second-order valence-corrected chi connectivity index (χ2v) is 5.61. The lowest BCUT2D eigenvalue weighted by Gasteiger charge is -2.16. The Kier molecular flexibility index (Phi) is 5.19. The van der Waals surface area contributed by atoms with Crippen molar-refractivity contribution in [3.63, 3.8) is 0 Å². The first-order valence-corrected chi connectivity index (χ1v) is 8.12. The average molecular weight is 382 g/mol. The summed E-state index contributed by atoms with van der Waals surface area (Å²) in [6, 6.07) is 0. The Morgan fingerprint density at radius 1 is 1.26 bits per heavy atom. The highest BCUT2D eigenvalue weighted by Crippen LogP contribution is 2.55. The lowest BCUT2D eigenvalue weighted by Crippen LogP contribution is -2.20. The average Bonchev–Trinajstić information content (AvgIpc) is 3.30. The summed E-state index contributed by atoms with van der Waals surface area (Å²) in [5.74, 6) is -0.152. The van der Waals surface area contributed by atoms with E-state index in [1.54, 1.807) is 6.92 Å². The fourth-order valence-corrected chi connectivity index (χ4v) is 2.99. The predicted molar refractivity (Wildman–Crippen MR) is 89.6 cm³/mol. The molecule has 0 saturated carbocycles. The molecule has 0 fully saturated rings. The van der Waals surface area contributed by atoms with E-state index in [0.717, 1.165) is 0 Å². The van der Waals surface area contributed by atoms with Gasteiger partial charge in [-0.2, -0.15) is 0 Å². The first-order valence-electron chi connectivity index (χ1n) is 8.12. The molecule has 0 aromatic heterocycles. The molecule has 146 valence electrons. The van der Waals surface area contributed by atoms with Gasteiger partial charge >= 0.3 is 11.7 Å². The molecule has 2 heterocycles. The summed E-state index contributed by atoms with van der Waals surface area (Å²) in [5, 5.41) is 15.5. The zero-order valence-electron chi connectivity index (χ0n) is 15.0. The minimum atomic E-state index is -0.609. The Morgan fingerprint density at radius 2 is 1.93 bits per heavy atom. The van der Waals surface area contributed by atoms with Gasteiger partial charge in [-0.25, -0.2) is 4.79 Å². The van der Waals surface area contributed by atoms with Crippen LogP contribution in [-0.4, -0.2) is 50.3 Å². The van der Waals surface area contributed by atoms with Crippen molar-refractivity contribution >= 4 is 17.4 Å². The van der Waals surface area contributed by atoms with E-state index in [0.29, 0.717) is 0 Å². The van der Waals surface area contributed by atoms with Crippen LogP contribution in [0.3, 0.4) is 0 Å². The topological polar surface area (TPSA) is 128 Å². The van der Waals surface area contributed by atoms with Crippen molar-refractivity contribution in [1.29, 1.82) is 0 Å². The molecule has 0 amide bonds. The number of hydrogen-bond acceptors (Lipinski definition) is 10. The minimum Gasteiger partial charge on any atom is -0.492 e. The zero-order valence-corrected chi connectivity index (χ0v) is 15.0. The maximum atomic E-state index is 11.8. The van der Waals surface area contributed by atoms with Crippen molar-refractivity contribution in [2.75, 3.05) is 27.6 Å². The summed E-state index contributed by atoms with van der Waals surface area (Å²) in [7, 11) is 2.67. The molecule has 0 bridgehead atoms. The third-order valence-corrected chi connectivity index (χ3v) is 4.07. The Hall–Kier alpha value is -3.24. The number of hydrogen-bond donors (Lipinski definition) is 0. The molecule has 1 aromatic carbocycles. The number of carbonyl (C=O) groups is 1. The molecule has 27 heavy (non-hydrogen) atoms. The highest BCUT2D eigenvalue weighted by molar-refractivity contribution is 6.36. The van der Waals surface area contributed by atoms with Crippen molar-refractivity contribution in [3.8, 4) is 23.0 Å². The molecule has 11 nitrogen and oxygen atoms in total. The van der Waals surface area contributed by atoms with Crippen LogP contribution in [0.25, 0.3) is 0 Å². The van der Waals surface area contributed by atoms with Crippen molar-refractivity contribution in [2.45, 2.75) is 25.9 Å². The third kappa shape index (κ3) is 3.27. The quantitative estimate of drug-likeness (QED) is 0.392. The van der Waals surface area contributed by atoms with Crippen LogP contribution < -0.4 is 18.9 Å². The van der Waals surface area contributed by atoms with Crippen molar-refractivity contribution < 1.29 is 38.2 Å². The lowest BCUT2D eigenvalue weighted by molar-refractivity contribution is -0.386. The highest BCUT2D eigenvalue weighted by Gasteiger charge is 2.39. The van der Waals surface area contributed by atoms with Gasteiger partial charge in [-0.15, -0.1) is 0 Å². The first-order chi connectivity index (χ1) is 13.0. The van der Waals surface area contributed by atoms with Crippen LogP contribution in [0.2, 0.25) is 0 Å². The molecule has 1 unspecified atom stereocenters. The summed E-state index contributed by atoms with van der Waals surface area (Å²) in [5.41, 5.74) is 0.0110. The van der Waals surface area contributed by atoms with Gasteiger partial charge in [-0.3, -0.25) is 10.1 Å². The van der Waals surface area contributed by atoms with Crippen LogP contribution in [0, 0.1) is 10.1 Å². The van der Waals surface area contributed by atoms with E-state index in [9.17, 15) is 14.9 Å². The van der Waals surface area contributed by atoms with Crippen LogP contribution in [0.1, 0.15) is 18.9 Å². The number of oxime groups is 1. The number of nitrogens with zero attached hydrogens (tertiary/aromatic N) is 2. The monoisotopic (exact) mass is 382 g/mol. The number of methoxy groups -OCH3 is 2. The highest BCUT2D eigenvalue weighted by atomic mass is 16.7. The largest absolute Gasteiger partial charge is 0.492 e. The molecule has 1 aromatic rings. The van der Waals surface area contributed by atoms with E-state index in [1.807, 2.05) is 0 Å². The maximum Gasteiger partial charge on any atom is 0.356 e.